The smallest absolute Gasteiger partial charge is 0.410 e. The minimum Gasteiger partial charge on any atom is -0.445 e. The summed E-state index contributed by atoms with van der Waals surface area (Å²) in [6, 6.07) is 19.4. The summed E-state index contributed by atoms with van der Waals surface area (Å²) in [5.74, 6) is -0.208. The molecule has 1 aliphatic heterocycles. The molecule has 0 N–H and O–H groups in total. The van der Waals surface area contributed by atoms with Gasteiger partial charge in [-0.2, -0.15) is 0 Å². The lowest BCUT2D eigenvalue weighted by atomic mass is 10.0. The van der Waals surface area contributed by atoms with Crippen LogP contribution < -0.4 is 0 Å². The van der Waals surface area contributed by atoms with Crippen LogP contribution in [0.5, 0.6) is 0 Å². The Kier molecular flexibility index (Phi) is 5.89. The Bertz CT molecular complexity index is 733. The van der Waals surface area contributed by atoms with Crippen molar-refractivity contribution in [2.24, 2.45) is 0 Å². The monoisotopic (exact) mass is 351 g/mol. The van der Waals surface area contributed by atoms with Crippen LogP contribution in [0.2, 0.25) is 0 Å². The second kappa shape index (κ2) is 8.52. The molecule has 1 heterocycles. The average molecular weight is 351 g/mol. The van der Waals surface area contributed by atoms with Gasteiger partial charge in [0.15, 0.2) is 0 Å². The highest BCUT2D eigenvalue weighted by Crippen LogP contribution is 2.17. The summed E-state index contributed by atoms with van der Waals surface area (Å²) in [5, 5.41) is 0. The Morgan fingerprint density at radius 1 is 0.962 bits per heavy atom. The summed E-state index contributed by atoms with van der Waals surface area (Å²) >= 11 is 0. The van der Waals surface area contributed by atoms with Crippen LogP contribution in [0.4, 0.5) is 4.79 Å². The van der Waals surface area contributed by atoms with Crippen molar-refractivity contribution in [3.63, 3.8) is 0 Å². The van der Waals surface area contributed by atoms with Gasteiger partial charge < -0.3 is 14.5 Å². The number of nitrogens with zero attached hydrogens (tertiary/aromatic N) is 2. The van der Waals surface area contributed by atoms with Crippen molar-refractivity contribution >= 4 is 12.0 Å². The SMILES string of the molecule is [CH2]C(=O)N1CCN(C(=O)OCc2ccccc2)C(Cc2ccccc2)C1. The maximum Gasteiger partial charge on any atom is 0.410 e. The average Bonchev–Trinajstić information content (AvgIpc) is 2.67. The van der Waals surface area contributed by atoms with E-state index in [0.717, 1.165) is 11.1 Å². The third-order valence-electron chi connectivity index (χ3n) is 4.59. The van der Waals surface area contributed by atoms with Gasteiger partial charge in [0.25, 0.3) is 0 Å². The van der Waals surface area contributed by atoms with E-state index in [1.54, 1.807) is 9.80 Å². The van der Waals surface area contributed by atoms with Crippen LogP contribution in [0.25, 0.3) is 0 Å². The van der Waals surface area contributed by atoms with E-state index in [4.69, 9.17) is 4.74 Å². The molecule has 1 saturated heterocycles. The second-order valence-corrected chi connectivity index (χ2v) is 6.42. The van der Waals surface area contributed by atoms with E-state index in [2.05, 4.69) is 6.92 Å². The lowest BCUT2D eigenvalue weighted by Crippen LogP contribution is -2.57. The fraction of sp³-hybridized carbons (Fsp3) is 0.286. The molecule has 2 amide bonds. The molecule has 2 aromatic rings. The van der Waals surface area contributed by atoms with Crippen LogP contribution in [-0.4, -0.2) is 47.5 Å². The molecule has 1 aliphatic rings. The van der Waals surface area contributed by atoms with Crippen molar-refractivity contribution in [1.82, 2.24) is 9.80 Å². The topological polar surface area (TPSA) is 49.9 Å². The van der Waals surface area contributed by atoms with Gasteiger partial charge in [-0.15, -0.1) is 0 Å². The van der Waals surface area contributed by atoms with Crippen molar-refractivity contribution in [3.8, 4) is 0 Å². The molecule has 1 radical (unpaired) electrons. The number of benzene rings is 2. The third kappa shape index (κ3) is 4.63. The van der Waals surface area contributed by atoms with Gasteiger partial charge in [0.1, 0.15) is 6.61 Å². The minimum absolute atomic E-state index is 0.125. The van der Waals surface area contributed by atoms with Crippen LogP contribution in [0.1, 0.15) is 11.1 Å². The molecule has 0 aliphatic carbocycles. The first-order valence-corrected chi connectivity index (χ1v) is 8.75. The zero-order valence-corrected chi connectivity index (χ0v) is 14.7. The Hall–Kier alpha value is -2.82. The van der Waals surface area contributed by atoms with Gasteiger partial charge >= 0.3 is 6.09 Å². The second-order valence-electron chi connectivity index (χ2n) is 6.42. The van der Waals surface area contributed by atoms with Crippen LogP contribution in [0.15, 0.2) is 60.7 Å². The van der Waals surface area contributed by atoms with Crippen molar-refractivity contribution in [2.75, 3.05) is 19.6 Å². The molecule has 0 bridgehead atoms. The van der Waals surface area contributed by atoms with E-state index in [9.17, 15) is 9.59 Å². The summed E-state index contributed by atoms with van der Waals surface area (Å²) in [4.78, 5) is 27.7. The zero-order valence-electron chi connectivity index (χ0n) is 14.7. The van der Waals surface area contributed by atoms with Crippen LogP contribution in [-0.2, 0) is 22.6 Å². The standard InChI is InChI=1S/C21H23N2O3/c1-17(24)22-12-13-23(20(15-22)14-18-8-4-2-5-9-18)21(25)26-16-19-10-6-3-7-11-19/h2-11,20H,1,12-16H2. The number of hydrogen-bond acceptors (Lipinski definition) is 3. The molecule has 1 unspecified atom stereocenters. The first kappa shape index (κ1) is 18.0. The van der Waals surface area contributed by atoms with Gasteiger partial charge in [-0.1, -0.05) is 60.7 Å². The maximum absolute atomic E-state index is 12.6. The van der Waals surface area contributed by atoms with Crippen LogP contribution in [0, 0.1) is 6.92 Å². The Morgan fingerprint density at radius 2 is 1.58 bits per heavy atom. The zero-order chi connectivity index (χ0) is 18.4. The number of rotatable bonds is 4. The van der Waals surface area contributed by atoms with E-state index in [-0.39, 0.29) is 24.6 Å². The van der Waals surface area contributed by atoms with Gasteiger partial charge in [-0.3, -0.25) is 4.79 Å². The van der Waals surface area contributed by atoms with E-state index in [1.165, 1.54) is 0 Å². The Balaban J connectivity index is 1.67. The minimum atomic E-state index is -0.342. The predicted octanol–water partition coefficient (Wildman–Crippen LogP) is 2.91. The first-order valence-electron chi connectivity index (χ1n) is 8.75. The van der Waals surface area contributed by atoms with Crippen molar-refractivity contribution in [1.29, 1.82) is 0 Å². The fourth-order valence-electron chi connectivity index (χ4n) is 3.19. The van der Waals surface area contributed by atoms with E-state index >= 15 is 0 Å². The van der Waals surface area contributed by atoms with Crippen molar-refractivity contribution < 1.29 is 14.3 Å². The molecule has 0 saturated carbocycles. The highest BCUT2D eigenvalue weighted by molar-refractivity contribution is 5.80. The lowest BCUT2D eigenvalue weighted by Gasteiger charge is -2.40. The van der Waals surface area contributed by atoms with Crippen molar-refractivity contribution in [2.45, 2.75) is 19.1 Å². The molecule has 3 rings (SSSR count). The Morgan fingerprint density at radius 3 is 2.19 bits per heavy atom. The molecule has 26 heavy (non-hydrogen) atoms. The molecule has 1 atom stereocenters. The summed E-state index contributed by atoms with van der Waals surface area (Å²) in [6.45, 7) is 5.15. The number of piperazine rings is 1. The summed E-state index contributed by atoms with van der Waals surface area (Å²) in [6.07, 6.45) is 0.330. The Labute approximate surface area is 154 Å². The first-order chi connectivity index (χ1) is 12.6. The van der Waals surface area contributed by atoms with Crippen molar-refractivity contribution in [3.05, 3.63) is 78.7 Å². The van der Waals surface area contributed by atoms with Gasteiger partial charge in [0, 0.05) is 26.6 Å². The number of carbonyl (C=O) groups is 2. The predicted molar refractivity (Wildman–Crippen MR) is 99.2 cm³/mol. The molecule has 135 valence electrons. The molecule has 5 heteroatoms. The molecule has 2 aromatic carbocycles. The van der Waals surface area contributed by atoms with Gasteiger partial charge in [0.05, 0.1) is 6.04 Å². The number of carbonyl (C=O) groups excluding carboxylic acids is 2. The van der Waals surface area contributed by atoms with Gasteiger partial charge in [-0.25, -0.2) is 4.79 Å². The largest absolute Gasteiger partial charge is 0.445 e. The molecule has 0 aromatic heterocycles. The third-order valence-corrected chi connectivity index (χ3v) is 4.59. The maximum atomic E-state index is 12.6. The van der Waals surface area contributed by atoms with Gasteiger partial charge in [0.2, 0.25) is 5.91 Å². The number of amides is 2. The fourth-order valence-corrected chi connectivity index (χ4v) is 3.19. The lowest BCUT2D eigenvalue weighted by molar-refractivity contribution is -0.129. The molecule has 1 fully saturated rings. The molecule has 0 spiro atoms. The normalized spacial score (nSPS) is 17.0. The number of hydrogen-bond donors (Lipinski definition) is 0. The number of ether oxygens (including phenoxy) is 1. The molecular weight excluding hydrogens is 328 g/mol. The summed E-state index contributed by atoms with van der Waals surface area (Å²) < 4.78 is 5.50. The summed E-state index contributed by atoms with van der Waals surface area (Å²) in [7, 11) is 0. The molecular formula is C21H23N2O3. The highest BCUT2D eigenvalue weighted by atomic mass is 16.6. The van der Waals surface area contributed by atoms with E-state index in [1.807, 2.05) is 60.7 Å². The highest BCUT2D eigenvalue weighted by Gasteiger charge is 2.32. The van der Waals surface area contributed by atoms with Gasteiger partial charge in [-0.05, 0) is 17.5 Å². The van der Waals surface area contributed by atoms with Crippen LogP contribution >= 0.6 is 0 Å². The quantitative estimate of drug-likeness (QED) is 0.851. The van der Waals surface area contributed by atoms with E-state index in [0.29, 0.717) is 26.1 Å². The summed E-state index contributed by atoms with van der Waals surface area (Å²) in [5.41, 5.74) is 2.07. The van der Waals surface area contributed by atoms with E-state index < -0.39 is 0 Å². The molecule has 5 nitrogen and oxygen atoms in total. The van der Waals surface area contributed by atoms with Crippen LogP contribution in [0.3, 0.4) is 0 Å².